The van der Waals surface area contributed by atoms with Crippen LogP contribution < -0.4 is 4.74 Å². The van der Waals surface area contributed by atoms with Gasteiger partial charge in [-0.15, -0.1) is 0 Å². The molecule has 1 heterocycles. The molecule has 0 radical (unpaired) electrons. The first-order valence-electron chi connectivity index (χ1n) is 7.16. The summed E-state index contributed by atoms with van der Waals surface area (Å²) < 4.78 is 10.2. The number of likely N-dealkylation sites (N-methyl/N-ethyl adjacent to an activating group) is 1. The fraction of sp³-hybridized carbons (Fsp3) is 0.412. The van der Waals surface area contributed by atoms with E-state index in [0.29, 0.717) is 6.61 Å². The number of fused-ring (bicyclic) bond motifs is 1. The zero-order valence-electron chi connectivity index (χ0n) is 13.4. The second-order valence-corrected chi connectivity index (χ2v) is 5.75. The molecule has 0 N–H and O–H groups in total. The van der Waals surface area contributed by atoms with E-state index in [1.54, 1.807) is 27.0 Å². The maximum absolute atomic E-state index is 12.2. The summed E-state index contributed by atoms with van der Waals surface area (Å²) in [5, 5.41) is 0. The van der Waals surface area contributed by atoms with Crippen LogP contribution in [0.25, 0.3) is 6.08 Å². The minimum absolute atomic E-state index is 0.257. The molecule has 1 aliphatic rings. The Morgan fingerprint density at radius 3 is 2.77 bits per heavy atom. The van der Waals surface area contributed by atoms with E-state index in [9.17, 15) is 9.59 Å². The maximum Gasteiger partial charge on any atom is 0.331 e. The number of benzene rings is 1. The molecule has 1 aliphatic heterocycles. The quantitative estimate of drug-likeness (QED) is 0.631. The highest BCUT2D eigenvalue weighted by molar-refractivity contribution is 5.95. The minimum Gasteiger partial charge on any atom is -0.493 e. The molecule has 1 amide bonds. The van der Waals surface area contributed by atoms with E-state index >= 15 is 0 Å². The van der Waals surface area contributed by atoms with Gasteiger partial charge in [-0.05, 0) is 43.2 Å². The molecule has 0 saturated heterocycles. The molecule has 0 aromatic heterocycles. The number of methoxy groups -OCH3 is 1. The molecule has 22 heavy (non-hydrogen) atoms. The zero-order chi connectivity index (χ0) is 16.3. The Hall–Kier alpha value is -2.30. The van der Waals surface area contributed by atoms with Gasteiger partial charge in [0.05, 0.1) is 13.7 Å². The number of ether oxygens (including phenoxy) is 2. The largest absolute Gasteiger partial charge is 0.493 e. The molecule has 1 aromatic rings. The maximum atomic E-state index is 12.2. The molecule has 1 aromatic carbocycles. The Kier molecular flexibility index (Phi) is 4.54. The third-order valence-corrected chi connectivity index (χ3v) is 3.99. The van der Waals surface area contributed by atoms with Crippen molar-refractivity contribution in [2.45, 2.75) is 25.8 Å². The van der Waals surface area contributed by atoms with E-state index in [4.69, 9.17) is 9.47 Å². The smallest absolute Gasteiger partial charge is 0.331 e. The number of esters is 1. The van der Waals surface area contributed by atoms with E-state index in [1.165, 1.54) is 18.1 Å². The average molecular weight is 303 g/mol. The lowest BCUT2D eigenvalue weighted by molar-refractivity contribution is -0.156. The standard InChI is InChI=1S/C17H21NO4/c1-17(2,16(20)21-4)18(3)15(19)8-6-12-5-7-14-13(11-12)9-10-22-14/h5-8,11H,9-10H2,1-4H3/b8-6+. The summed E-state index contributed by atoms with van der Waals surface area (Å²) in [6.45, 7) is 4.01. The zero-order valence-corrected chi connectivity index (χ0v) is 13.4. The third kappa shape index (κ3) is 3.13. The van der Waals surface area contributed by atoms with Crippen molar-refractivity contribution in [2.24, 2.45) is 0 Å². The SMILES string of the molecule is COC(=O)C(C)(C)N(C)C(=O)/C=C/c1ccc2c(c1)CCO2. The topological polar surface area (TPSA) is 55.8 Å². The van der Waals surface area contributed by atoms with Gasteiger partial charge >= 0.3 is 5.97 Å². The highest BCUT2D eigenvalue weighted by Crippen LogP contribution is 2.26. The predicted octanol–water partition coefficient (Wildman–Crippen LogP) is 2.04. The van der Waals surface area contributed by atoms with E-state index in [0.717, 1.165) is 23.3 Å². The van der Waals surface area contributed by atoms with Crippen LogP contribution in [0.3, 0.4) is 0 Å². The van der Waals surface area contributed by atoms with Gasteiger partial charge in [-0.25, -0.2) is 4.79 Å². The number of hydrogen-bond donors (Lipinski definition) is 0. The highest BCUT2D eigenvalue weighted by Gasteiger charge is 2.35. The summed E-state index contributed by atoms with van der Waals surface area (Å²) in [5.41, 5.74) is 1.07. The van der Waals surface area contributed by atoms with Crippen molar-refractivity contribution < 1.29 is 19.1 Å². The van der Waals surface area contributed by atoms with Crippen molar-refractivity contribution in [3.63, 3.8) is 0 Å². The normalized spacial score (nSPS) is 13.6. The van der Waals surface area contributed by atoms with Crippen LogP contribution in [0.2, 0.25) is 0 Å². The summed E-state index contributed by atoms with van der Waals surface area (Å²) in [5.74, 6) is 0.200. The number of nitrogens with zero attached hydrogens (tertiary/aromatic N) is 1. The average Bonchev–Trinajstić information content (AvgIpc) is 2.98. The second kappa shape index (κ2) is 6.22. The fourth-order valence-electron chi connectivity index (χ4n) is 2.25. The monoisotopic (exact) mass is 303 g/mol. The first kappa shape index (κ1) is 16.1. The lowest BCUT2D eigenvalue weighted by Gasteiger charge is -2.31. The Morgan fingerprint density at radius 1 is 1.36 bits per heavy atom. The Bertz CT molecular complexity index is 619. The van der Waals surface area contributed by atoms with Gasteiger partial charge in [-0.3, -0.25) is 4.79 Å². The minimum atomic E-state index is -1.01. The highest BCUT2D eigenvalue weighted by atomic mass is 16.5. The number of amides is 1. The summed E-state index contributed by atoms with van der Waals surface area (Å²) >= 11 is 0. The lowest BCUT2D eigenvalue weighted by Crippen LogP contribution is -2.50. The van der Waals surface area contributed by atoms with E-state index in [2.05, 4.69) is 0 Å². The van der Waals surface area contributed by atoms with Crippen molar-refractivity contribution in [1.82, 2.24) is 4.90 Å². The Morgan fingerprint density at radius 2 is 2.09 bits per heavy atom. The van der Waals surface area contributed by atoms with E-state index in [1.807, 2.05) is 18.2 Å². The summed E-state index contributed by atoms with van der Waals surface area (Å²) in [7, 11) is 2.89. The van der Waals surface area contributed by atoms with Crippen LogP contribution in [0.4, 0.5) is 0 Å². The predicted molar refractivity (Wildman–Crippen MR) is 83.5 cm³/mol. The molecule has 0 bridgehead atoms. The molecular weight excluding hydrogens is 282 g/mol. The number of rotatable bonds is 4. The molecular formula is C17H21NO4. The Balaban J connectivity index is 2.09. The van der Waals surface area contributed by atoms with Crippen LogP contribution in [0.5, 0.6) is 5.75 Å². The summed E-state index contributed by atoms with van der Waals surface area (Å²) in [6, 6.07) is 5.82. The summed E-state index contributed by atoms with van der Waals surface area (Å²) in [4.78, 5) is 25.3. The van der Waals surface area contributed by atoms with E-state index < -0.39 is 11.5 Å². The van der Waals surface area contributed by atoms with Gasteiger partial charge in [0.15, 0.2) is 0 Å². The van der Waals surface area contributed by atoms with Crippen LogP contribution >= 0.6 is 0 Å². The van der Waals surface area contributed by atoms with Crippen LogP contribution in [-0.2, 0) is 20.7 Å². The van der Waals surface area contributed by atoms with Crippen molar-refractivity contribution in [2.75, 3.05) is 20.8 Å². The lowest BCUT2D eigenvalue weighted by atomic mass is 10.0. The van der Waals surface area contributed by atoms with Crippen LogP contribution in [0.15, 0.2) is 24.3 Å². The van der Waals surface area contributed by atoms with Gasteiger partial charge in [0.1, 0.15) is 11.3 Å². The van der Waals surface area contributed by atoms with Gasteiger partial charge < -0.3 is 14.4 Å². The molecule has 0 unspecified atom stereocenters. The molecule has 5 heteroatoms. The van der Waals surface area contributed by atoms with Gasteiger partial charge in [0.2, 0.25) is 5.91 Å². The van der Waals surface area contributed by atoms with Crippen molar-refractivity contribution >= 4 is 18.0 Å². The molecule has 0 saturated carbocycles. The molecule has 2 rings (SSSR count). The number of carbonyl (C=O) groups is 2. The second-order valence-electron chi connectivity index (χ2n) is 5.75. The molecule has 0 atom stereocenters. The molecule has 0 aliphatic carbocycles. The Labute approximate surface area is 130 Å². The van der Waals surface area contributed by atoms with Gasteiger partial charge in [-0.1, -0.05) is 6.07 Å². The van der Waals surface area contributed by atoms with Crippen molar-refractivity contribution in [3.8, 4) is 5.75 Å². The number of hydrogen-bond acceptors (Lipinski definition) is 4. The van der Waals surface area contributed by atoms with Crippen LogP contribution in [0, 0.1) is 0 Å². The summed E-state index contributed by atoms with van der Waals surface area (Å²) in [6.07, 6.45) is 4.09. The molecule has 5 nitrogen and oxygen atoms in total. The first-order chi connectivity index (χ1) is 10.4. The number of carbonyl (C=O) groups excluding carboxylic acids is 2. The van der Waals surface area contributed by atoms with Gasteiger partial charge in [-0.2, -0.15) is 0 Å². The van der Waals surface area contributed by atoms with Gasteiger partial charge in [0.25, 0.3) is 0 Å². The van der Waals surface area contributed by atoms with Crippen LogP contribution in [-0.4, -0.2) is 43.1 Å². The molecule has 118 valence electrons. The fourth-order valence-corrected chi connectivity index (χ4v) is 2.25. The van der Waals surface area contributed by atoms with Crippen LogP contribution in [0.1, 0.15) is 25.0 Å². The first-order valence-corrected chi connectivity index (χ1v) is 7.16. The molecule has 0 fully saturated rings. The van der Waals surface area contributed by atoms with Crippen molar-refractivity contribution in [1.29, 1.82) is 0 Å². The van der Waals surface area contributed by atoms with Crippen molar-refractivity contribution in [3.05, 3.63) is 35.4 Å². The van der Waals surface area contributed by atoms with E-state index in [-0.39, 0.29) is 5.91 Å². The van der Waals surface area contributed by atoms with Gasteiger partial charge in [0, 0.05) is 19.5 Å². The molecule has 0 spiro atoms. The third-order valence-electron chi connectivity index (χ3n) is 3.99.